The molecule has 0 spiro atoms. The van der Waals surface area contributed by atoms with Gasteiger partial charge in [0.1, 0.15) is 6.61 Å². The third-order valence-electron chi connectivity index (χ3n) is 13.0. The summed E-state index contributed by atoms with van der Waals surface area (Å²) in [6, 6.07) is 0. The number of hydrogen-bond acceptors (Lipinski definition) is 5. The normalized spacial score (nSPS) is 12.2. The summed E-state index contributed by atoms with van der Waals surface area (Å²) in [7, 11) is 0. The minimum absolute atomic E-state index is 0.0905. The van der Waals surface area contributed by atoms with Gasteiger partial charge in [0.05, 0.1) is 6.61 Å². The summed E-state index contributed by atoms with van der Waals surface area (Å²) in [5.74, 6) is -0.383. The fourth-order valence-corrected chi connectivity index (χ4v) is 8.62. The van der Waals surface area contributed by atoms with Gasteiger partial charge in [-0.15, -0.1) is 0 Å². The molecule has 1 atom stereocenters. The van der Waals surface area contributed by atoms with Gasteiger partial charge in [0, 0.05) is 19.4 Å². The number of carbonyl (C=O) groups is 2. The van der Waals surface area contributed by atoms with Gasteiger partial charge >= 0.3 is 11.9 Å². The molecule has 0 N–H and O–H groups in total. The molecular weight excluding hydrogens is 789 g/mol. The van der Waals surface area contributed by atoms with E-state index in [0.717, 1.165) is 32.1 Å². The van der Waals surface area contributed by atoms with Crippen molar-refractivity contribution in [3.8, 4) is 0 Å². The Morgan fingerprint density at radius 3 is 0.953 bits per heavy atom. The number of esters is 2. The van der Waals surface area contributed by atoms with Gasteiger partial charge in [-0.2, -0.15) is 0 Å². The second-order valence-corrected chi connectivity index (χ2v) is 19.5. The molecule has 0 radical (unpaired) electrons. The van der Waals surface area contributed by atoms with Crippen LogP contribution in [0, 0.1) is 0 Å². The van der Waals surface area contributed by atoms with Crippen molar-refractivity contribution in [1.29, 1.82) is 0 Å². The van der Waals surface area contributed by atoms with Crippen molar-refractivity contribution in [3.05, 3.63) is 24.3 Å². The van der Waals surface area contributed by atoms with Crippen molar-refractivity contribution in [2.24, 2.45) is 0 Å². The molecule has 0 heterocycles. The lowest BCUT2D eigenvalue weighted by Gasteiger charge is -2.18. The molecule has 0 saturated carbocycles. The molecule has 0 rings (SSSR count). The largest absolute Gasteiger partial charge is 0.462 e. The fourth-order valence-electron chi connectivity index (χ4n) is 8.62. The Morgan fingerprint density at radius 2 is 0.609 bits per heavy atom. The van der Waals surface area contributed by atoms with Gasteiger partial charge in [0.25, 0.3) is 0 Å². The smallest absolute Gasteiger partial charge is 0.306 e. The molecule has 64 heavy (non-hydrogen) atoms. The molecule has 0 aliphatic rings. The minimum Gasteiger partial charge on any atom is -0.462 e. The van der Waals surface area contributed by atoms with E-state index in [-0.39, 0.29) is 18.5 Å². The van der Waals surface area contributed by atoms with E-state index in [0.29, 0.717) is 26.1 Å². The van der Waals surface area contributed by atoms with Crippen molar-refractivity contribution in [2.45, 2.75) is 322 Å². The second kappa shape index (κ2) is 55.7. The zero-order valence-corrected chi connectivity index (χ0v) is 43.6. The molecule has 5 nitrogen and oxygen atoms in total. The lowest BCUT2D eigenvalue weighted by atomic mass is 10.1. The first-order valence-electron chi connectivity index (χ1n) is 28.9. The summed E-state index contributed by atoms with van der Waals surface area (Å²) in [6.07, 6.45) is 66.3. The summed E-state index contributed by atoms with van der Waals surface area (Å²) < 4.78 is 17.4. The first-order chi connectivity index (χ1) is 31.6. The molecule has 378 valence electrons. The van der Waals surface area contributed by atoms with Gasteiger partial charge in [-0.1, -0.05) is 257 Å². The van der Waals surface area contributed by atoms with Gasteiger partial charge < -0.3 is 14.2 Å². The van der Waals surface area contributed by atoms with Crippen LogP contribution in [0.4, 0.5) is 0 Å². The maximum absolute atomic E-state index is 12.8. The predicted octanol–water partition coefficient (Wildman–Crippen LogP) is 19.6. The molecule has 0 aromatic rings. The molecule has 0 amide bonds. The van der Waals surface area contributed by atoms with Crippen molar-refractivity contribution in [1.82, 2.24) is 0 Å². The van der Waals surface area contributed by atoms with Gasteiger partial charge in [0.15, 0.2) is 6.10 Å². The highest BCUT2D eigenvalue weighted by Crippen LogP contribution is 2.16. The van der Waals surface area contributed by atoms with Crippen molar-refractivity contribution in [3.63, 3.8) is 0 Å². The Labute approximate surface area is 400 Å². The average Bonchev–Trinajstić information content (AvgIpc) is 3.30. The monoisotopic (exact) mass is 901 g/mol. The van der Waals surface area contributed by atoms with E-state index in [1.165, 1.54) is 250 Å². The Hall–Kier alpha value is -1.62. The lowest BCUT2D eigenvalue weighted by Crippen LogP contribution is -2.30. The minimum atomic E-state index is -0.530. The third kappa shape index (κ3) is 53.0. The summed E-state index contributed by atoms with van der Waals surface area (Å²) in [5, 5.41) is 0. The van der Waals surface area contributed by atoms with E-state index < -0.39 is 6.10 Å². The molecule has 0 saturated heterocycles. The zero-order valence-electron chi connectivity index (χ0n) is 43.6. The van der Waals surface area contributed by atoms with Crippen LogP contribution < -0.4 is 0 Å². The number of allylic oxidation sites excluding steroid dienone is 4. The second-order valence-electron chi connectivity index (χ2n) is 19.5. The van der Waals surface area contributed by atoms with Crippen LogP contribution in [0.1, 0.15) is 316 Å². The molecule has 0 aliphatic carbocycles. The molecule has 0 fully saturated rings. The quantitative estimate of drug-likeness (QED) is 0.0346. The van der Waals surface area contributed by atoms with E-state index in [4.69, 9.17) is 14.2 Å². The lowest BCUT2D eigenvalue weighted by molar-refractivity contribution is -0.163. The summed E-state index contributed by atoms with van der Waals surface area (Å²) >= 11 is 0. The van der Waals surface area contributed by atoms with E-state index in [2.05, 4.69) is 45.1 Å². The molecular formula is C59H112O5. The van der Waals surface area contributed by atoms with Crippen molar-refractivity contribution in [2.75, 3.05) is 19.8 Å². The van der Waals surface area contributed by atoms with E-state index in [1.54, 1.807) is 0 Å². The number of unbranched alkanes of at least 4 members (excludes halogenated alkanes) is 39. The maximum Gasteiger partial charge on any atom is 0.306 e. The Balaban J connectivity index is 4.10. The van der Waals surface area contributed by atoms with Crippen LogP contribution in [0.3, 0.4) is 0 Å². The van der Waals surface area contributed by atoms with Gasteiger partial charge in [-0.05, 0) is 70.6 Å². The highest BCUT2D eigenvalue weighted by molar-refractivity contribution is 5.70. The van der Waals surface area contributed by atoms with E-state index in [1.807, 2.05) is 0 Å². The number of carbonyl (C=O) groups excluding carboxylic acids is 2. The Kier molecular flexibility index (Phi) is 54.3. The SMILES string of the molecule is CCCCCCCC/C=C\CCCCCCCCCCCCOCC(COC(=O)CCCCCCCCCCC/C=C\CCCCCCCC)OC(=O)CCCCCCCCCCC. The fraction of sp³-hybridized carbons (Fsp3) is 0.898. The van der Waals surface area contributed by atoms with Gasteiger partial charge in [-0.3, -0.25) is 9.59 Å². The maximum atomic E-state index is 12.8. The predicted molar refractivity (Wildman–Crippen MR) is 279 cm³/mol. The number of hydrogen-bond donors (Lipinski definition) is 0. The Morgan fingerprint density at radius 1 is 0.328 bits per heavy atom. The van der Waals surface area contributed by atoms with Crippen LogP contribution >= 0.6 is 0 Å². The van der Waals surface area contributed by atoms with Crippen LogP contribution in [0.2, 0.25) is 0 Å². The highest BCUT2D eigenvalue weighted by Gasteiger charge is 2.17. The molecule has 0 aliphatic heterocycles. The summed E-state index contributed by atoms with van der Waals surface area (Å²) in [6.45, 7) is 7.86. The average molecular weight is 902 g/mol. The van der Waals surface area contributed by atoms with E-state index in [9.17, 15) is 9.59 Å². The zero-order chi connectivity index (χ0) is 46.3. The van der Waals surface area contributed by atoms with Crippen LogP contribution in [0.15, 0.2) is 24.3 Å². The van der Waals surface area contributed by atoms with Gasteiger partial charge in [0.2, 0.25) is 0 Å². The van der Waals surface area contributed by atoms with Crippen LogP contribution in [-0.4, -0.2) is 37.9 Å². The van der Waals surface area contributed by atoms with Crippen molar-refractivity contribution >= 4 is 11.9 Å². The summed E-state index contributed by atoms with van der Waals surface area (Å²) in [5.41, 5.74) is 0. The van der Waals surface area contributed by atoms with Crippen LogP contribution in [0.25, 0.3) is 0 Å². The first kappa shape index (κ1) is 62.4. The van der Waals surface area contributed by atoms with Crippen LogP contribution in [0.5, 0.6) is 0 Å². The molecule has 0 bridgehead atoms. The molecule has 0 aromatic carbocycles. The van der Waals surface area contributed by atoms with Crippen LogP contribution in [-0.2, 0) is 23.8 Å². The molecule has 1 unspecified atom stereocenters. The third-order valence-corrected chi connectivity index (χ3v) is 13.0. The van der Waals surface area contributed by atoms with Gasteiger partial charge in [-0.25, -0.2) is 0 Å². The van der Waals surface area contributed by atoms with E-state index >= 15 is 0 Å². The summed E-state index contributed by atoms with van der Waals surface area (Å²) in [4.78, 5) is 25.4. The number of rotatable bonds is 54. The number of ether oxygens (including phenoxy) is 3. The molecule has 5 heteroatoms. The highest BCUT2D eigenvalue weighted by atomic mass is 16.6. The standard InChI is InChI=1S/C59H112O5/c1-4-7-10-13-16-19-21-23-25-27-29-31-33-35-37-39-42-45-48-51-54-62-55-57(64-59(61)53-50-47-44-40-18-15-12-9-6-3)56-63-58(60)52-49-46-43-41-38-36-34-32-30-28-26-24-22-20-17-14-11-8-5-2/h23-26,57H,4-22,27-56H2,1-3H3/b25-23-,26-24-. The Bertz CT molecular complexity index is 974. The van der Waals surface area contributed by atoms with Crippen molar-refractivity contribution < 1.29 is 23.8 Å². The topological polar surface area (TPSA) is 61.8 Å². The molecule has 0 aromatic heterocycles. The first-order valence-corrected chi connectivity index (χ1v) is 28.9.